The molecular weight excluding hydrogens is 270 g/mol. The van der Waals surface area contributed by atoms with Crippen LogP contribution in [0.15, 0.2) is 18.2 Å². The number of rotatable bonds is 4. The van der Waals surface area contributed by atoms with Crippen LogP contribution in [0.3, 0.4) is 0 Å². The Morgan fingerprint density at radius 1 is 1.40 bits per heavy atom. The molecular formula is C16H22ClN3. The lowest BCUT2D eigenvalue weighted by Gasteiger charge is -2.35. The summed E-state index contributed by atoms with van der Waals surface area (Å²) in [6, 6.07) is 8.11. The predicted octanol–water partition coefficient (Wildman–Crippen LogP) is 3.43. The van der Waals surface area contributed by atoms with Gasteiger partial charge >= 0.3 is 0 Å². The van der Waals surface area contributed by atoms with E-state index in [4.69, 9.17) is 16.9 Å². The molecule has 1 heterocycles. The number of halogens is 1. The molecule has 1 fully saturated rings. The van der Waals surface area contributed by atoms with E-state index in [9.17, 15) is 0 Å². The van der Waals surface area contributed by atoms with Crippen molar-refractivity contribution in [3.05, 3.63) is 28.8 Å². The fraction of sp³-hybridized carbons (Fsp3) is 0.562. The third-order valence-corrected chi connectivity index (χ3v) is 4.23. The van der Waals surface area contributed by atoms with Crippen LogP contribution in [0.2, 0.25) is 5.02 Å². The summed E-state index contributed by atoms with van der Waals surface area (Å²) >= 11 is 6.36. The topological polar surface area (TPSA) is 39.1 Å². The molecule has 0 atom stereocenters. The number of benzene rings is 1. The fourth-order valence-corrected chi connectivity index (χ4v) is 3.03. The summed E-state index contributed by atoms with van der Waals surface area (Å²) in [5.41, 5.74) is 1.66. The monoisotopic (exact) mass is 291 g/mol. The first kappa shape index (κ1) is 15.2. The molecule has 0 amide bonds. The van der Waals surface area contributed by atoms with Crippen molar-refractivity contribution >= 4 is 17.3 Å². The Labute approximate surface area is 126 Å². The van der Waals surface area contributed by atoms with Crippen LogP contribution in [-0.4, -0.2) is 25.7 Å². The number of hydrogen-bond acceptors (Lipinski definition) is 3. The highest BCUT2D eigenvalue weighted by atomic mass is 35.5. The van der Waals surface area contributed by atoms with Crippen molar-refractivity contribution in [1.82, 2.24) is 5.32 Å². The number of anilines is 1. The maximum absolute atomic E-state index is 8.93. The standard InChI is InChI=1S/C16H22ClN3/c1-12(2)20(11-13-5-7-19-8-6-13)16-4-3-14(10-18)9-15(16)17/h3-4,9,12-13,19H,5-8,11H2,1-2H3. The van der Waals surface area contributed by atoms with Gasteiger partial charge in [0.05, 0.1) is 22.3 Å². The quantitative estimate of drug-likeness (QED) is 0.924. The number of nitrogens with one attached hydrogen (secondary N) is 1. The number of nitriles is 1. The SMILES string of the molecule is CC(C)N(CC1CCNCC1)c1ccc(C#N)cc1Cl. The lowest BCUT2D eigenvalue weighted by atomic mass is 9.96. The Morgan fingerprint density at radius 2 is 2.10 bits per heavy atom. The van der Waals surface area contributed by atoms with E-state index in [1.165, 1.54) is 12.8 Å². The first-order chi connectivity index (χ1) is 9.61. The van der Waals surface area contributed by atoms with Crippen LogP contribution in [0.25, 0.3) is 0 Å². The van der Waals surface area contributed by atoms with Gasteiger partial charge in [0, 0.05) is 12.6 Å². The molecule has 2 rings (SSSR count). The molecule has 0 aromatic heterocycles. The van der Waals surface area contributed by atoms with E-state index in [1.807, 2.05) is 12.1 Å². The Hall–Kier alpha value is -1.24. The Balaban J connectivity index is 2.17. The second-order valence-corrected chi connectivity index (χ2v) is 6.12. The van der Waals surface area contributed by atoms with Gasteiger partial charge in [-0.1, -0.05) is 11.6 Å². The molecule has 1 N–H and O–H groups in total. The van der Waals surface area contributed by atoms with Gasteiger partial charge in [0.2, 0.25) is 0 Å². The van der Waals surface area contributed by atoms with Gasteiger partial charge in [-0.3, -0.25) is 0 Å². The van der Waals surface area contributed by atoms with Crippen LogP contribution in [0, 0.1) is 17.2 Å². The molecule has 20 heavy (non-hydrogen) atoms. The maximum atomic E-state index is 8.93. The van der Waals surface area contributed by atoms with Gasteiger partial charge in [-0.15, -0.1) is 0 Å². The van der Waals surface area contributed by atoms with Crippen LogP contribution in [0.1, 0.15) is 32.3 Å². The fourth-order valence-electron chi connectivity index (χ4n) is 2.74. The summed E-state index contributed by atoms with van der Waals surface area (Å²) in [5.74, 6) is 0.713. The second kappa shape index (κ2) is 6.97. The minimum absolute atomic E-state index is 0.398. The molecule has 4 heteroatoms. The maximum Gasteiger partial charge on any atom is 0.0992 e. The highest BCUT2D eigenvalue weighted by Crippen LogP contribution is 2.30. The van der Waals surface area contributed by atoms with Crippen molar-refractivity contribution in [2.75, 3.05) is 24.5 Å². The molecule has 1 aliphatic rings. The Morgan fingerprint density at radius 3 is 2.65 bits per heavy atom. The summed E-state index contributed by atoms with van der Waals surface area (Å²) in [6.45, 7) is 7.63. The van der Waals surface area contributed by atoms with Gasteiger partial charge in [0.15, 0.2) is 0 Å². The van der Waals surface area contributed by atoms with Crippen molar-refractivity contribution < 1.29 is 0 Å². The summed E-state index contributed by atoms with van der Waals surface area (Å²) < 4.78 is 0. The van der Waals surface area contributed by atoms with E-state index in [2.05, 4.69) is 30.1 Å². The molecule has 0 bridgehead atoms. The molecule has 0 aliphatic carbocycles. The Kier molecular flexibility index (Phi) is 5.28. The molecule has 1 aliphatic heterocycles. The minimum atomic E-state index is 0.398. The first-order valence-electron chi connectivity index (χ1n) is 7.29. The van der Waals surface area contributed by atoms with Gasteiger partial charge in [0.25, 0.3) is 0 Å². The van der Waals surface area contributed by atoms with E-state index in [1.54, 1.807) is 6.07 Å². The van der Waals surface area contributed by atoms with Crippen LogP contribution >= 0.6 is 11.6 Å². The predicted molar refractivity (Wildman–Crippen MR) is 84.2 cm³/mol. The van der Waals surface area contributed by atoms with Crippen molar-refractivity contribution in [3.63, 3.8) is 0 Å². The van der Waals surface area contributed by atoms with Gasteiger partial charge < -0.3 is 10.2 Å². The van der Waals surface area contributed by atoms with E-state index >= 15 is 0 Å². The molecule has 0 spiro atoms. The lowest BCUT2D eigenvalue weighted by molar-refractivity contribution is 0.368. The van der Waals surface area contributed by atoms with Crippen molar-refractivity contribution in [2.24, 2.45) is 5.92 Å². The molecule has 0 saturated carbocycles. The largest absolute Gasteiger partial charge is 0.368 e. The molecule has 0 radical (unpaired) electrons. The summed E-state index contributed by atoms with van der Waals surface area (Å²) in [5, 5.41) is 13.0. The summed E-state index contributed by atoms with van der Waals surface area (Å²) in [4.78, 5) is 2.36. The lowest BCUT2D eigenvalue weighted by Crippen LogP contribution is -2.39. The van der Waals surface area contributed by atoms with E-state index in [-0.39, 0.29) is 0 Å². The third-order valence-electron chi connectivity index (χ3n) is 3.92. The van der Waals surface area contributed by atoms with Crippen LogP contribution in [-0.2, 0) is 0 Å². The molecule has 1 saturated heterocycles. The second-order valence-electron chi connectivity index (χ2n) is 5.72. The van der Waals surface area contributed by atoms with E-state index in [0.29, 0.717) is 22.5 Å². The zero-order valence-corrected chi connectivity index (χ0v) is 13.0. The first-order valence-corrected chi connectivity index (χ1v) is 7.66. The van der Waals surface area contributed by atoms with E-state index < -0.39 is 0 Å². The smallest absolute Gasteiger partial charge is 0.0992 e. The molecule has 1 aromatic carbocycles. The van der Waals surface area contributed by atoms with E-state index in [0.717, 1.165) is 25.3 Å². The van der Waals surface area contributed by atoms with Gasteiger partial charge in [-0.2, -0.15) is 5.26 Å². The zero-order chi connectivity index (χ0) is 14.5. The normalized spacial score (nSPS) is 16.1. The van der Waals surface area contributed by atoms with Gasteiger partial charge in [-0.25, -0.2) is 0 Å². The van der Waals surface area contributed by atoms with Crippen molar-refractivity contribution in [1.29, 1.82) is 5.26 Å². The van der Waals surface area contributed by atoms with Crippen molar-refractivity contribution in [3.8, 4) is 6.07 Å². The molecule has 1 aromatic rings. The zero-order valence-electron chi connectivity index (χ0n) is 12.2. The van der Waals surface area contributed by atoms with Gasteiger partial charge in [-0.05, 0) is 63.9 Å². The van der Waals surface area contributed by atoms with Crippen LogP contribution in [0.5, 0.6) is 0 Å². The molecule has 0 unspecified atom stereocenters. The van der Waals surface area contributed by atoms with Crippen LogP contribution in [0.4, 0.5) is 5.69 Å². The third kappa shape index (κ3) is 3.65. The minimum Gasteiger partial charge on any atom is -0.368 e. The average Bonchev–Trinajstić information content (AvgIpc) is 2.46. The molecule has 108 valence electrons. The Bertz CT molecular complexity index is 487. The van der Waals surface area contributed by atoms with Crippen molar-refractivity contribution in [2.45, 2.75) is 32.7 Å². The summed E-state index contributed by atoms with van der Waals surface area (Å²) in [6.07, 6.45) is 2.44. The highest BCUT2D eigenvalue weighted by molar-refractivity contribution is 6.33. The number of piperidine rings is 1. The average molecular weight is 292 g/mol. The summed E-state index contributed by atoms with van der Waals surface area (Å²) in [7, 11) is 0. The highest BCUT2D eigenvalue weighted by Gasteiger charge is 2.20. The number of hydrogen-bond donors (Lipinski definition) is 1. The van der Waals surface area contributed by atoms with Crippen LogP contribution < -0.4 is 10.2 Å². The molecule has 3 nitrogen and oxygen atoms in total. The van der Waals surface area contributed by atoms with Gasteiger partial charge in [0.1, 0.15) is 0 Å². The number of nitrogens with zero attached hydrogens (tertiary/aromatic N) is 2.